The third kappa shape index (κ3) is 1.82. The van der Waals surface area contributed by atoms with Crippen molar-refractivity contribution >= 4 is 27.0 Å². The zero-order valence-corrected chi connectivity index (χ0v) is 9.95. The first kappa shape index (κ1) is 9.71. The van der Waals surface area contributed by atoms with Crippen molar-refractivity contribution in [1.29, 1.82) is 0 Å². The Bertz CT molecular complexity index is 445. The minimum absolute atomic E-state index is 0.645. The SMILES string of the molecule is CC(C)Cn1cnc2ccc(Br)cc21. The van der Waals surface area contributed by atoms with Gasteiger partial charge in [-0.2, -0.15) is 0 Å². The van der Waals surface area contributed by atoms with Crippen molar-refractivity contribution in [2.75, 3.05) is 0 Å². The largest absolute Gasteiger partial charge is 0.330 e. The first-order valence-corrected chi connectivity index (χ1v) is 5.56. The Labute approximate surface area is 92.1 Å². The van der Waals surface area contributed by atoms with Crippen LogP contribution in [0.5, 0.6) is 0 Å². The standard InChI is InChI=1S/C11H13BrN2/c1-8(2)6-14-7-13-10-4-3-9(12)5-11(10)14/h3-5,7-8H,6H2,1-2H3. The van der Waals surface area contributed by atoms with Crippen molar-refractivity contribution in [3.63, 3.8) is 0 Å². The van der Waals surface area contributed by atoms with E-state index in [0.29, 0.717) is 5.92 Å². The molecule has 0 unspecified atom stereocenters. The molecular formula is C11H13BrN2. The second-order valence-corrected chi connectivity index (χ2v) is 4.84. The van der Waals surface area contributed by atoms with Crippen LogP contribution in [0.25, 0.3) is 11.0 Å². The lowest BCUT2D eigenvalue weighted by atomic mass is 10.2. The molecule has 0 fully saturated rings. The van der Waals surface area contributed by atoms with Crippen LogP contribution in [-0.4, -0.2) is 9.55 Å². The van der Waals surface area contributed by atoms with Gasteiger partial charge in [-0.1, -0.05) is 29.8 Å². The van der Waals surface area contributed by atoms with E-state index in [1.165, 1.54) is 5.52 Å². The summed E-state index contributed by atoms with van der Waals surface area (Å²) in [7, 11) is 0. The van der Waals surface area contributed by atoms with E-state index in [4.69, 9.17) is 0 Å². The van der Waals surface area contributed by atoms with Gasteiger partial charge in [0.25, 0.3) is 0 Å². The predicted octanol–water partition coefficient (Wildman–Crippen LogP) is 3.45. The lowest BCUT2D eigenvalue weighted by Gasteiger charge is -2.06. The van der Waals surface area contributed by atoms with E-state index in [0.717, 1.165) is 16.5 Å². The number of rotatable bonds is 2. The topological polar surface area (TPSA) is 17.8 Å². The molecule has 2 aromatic rings. The van der Waals surface area contributed by atoms with Gasteiger partial charge >= 0.3 is 0 Å². The number of nitrogens with zero attached hydrogens (tertiary/aromatic N) is 2. The third-order valence-corrected chi connectivity index (χ3v) is 2.64. The lowest BCUT2D eigenvalue weighted by molar-refractivity contribution is 0.533. The van der Waals surface area contributed by atoms with Crippen LogP contribution in [0, 0.1) is 5.92 Å². The Morgan fingerprint density at radius 3 is 2.93 bits per heavy atom. The molecule has 0 spiro atoms. The third-order valence-electron chi connectivity index (χ3n) is 2.14. The van der Waals surface area contributed by atoms with Gasteiger partial charge in [-0.05, 0) is 24.1 Å². The van der Waals surface area contributed by atoms with Crippen molar-refractivity contribution in [3.05, 3.63) is 29.0 Å². The molecule has 2 rings (SSSR count). The number of fused-ring (bicyclic) bond motifs is 1. The minimum Gasteiger partial charge on any atom is -0.330 e. The van der Waals surface area contributed by atoms with Crippen LogP contribution in [0.3, 0.4) is 0 Å². The Morgan fingerprint density at radius 2 is 2.21 bits per heavy atom. The Kier molecular flexibility index (Phi) is 2.59. The average Bonchev–Trinajstić information content (AvgIpc) is 2.47. The first-order chi connectivity index (χ1) is 6.66. The predicted molar refractivity (Wildman–Crippen MR) is 62.3 cm³/mol. The van der Waals surface area contributed by atoms with Crippen LogP contribution in [-0.2, 0) is 6.54 Å². The number of imidazole rings is 1. The summed E-state index contributed by atoms with van der Waals surface area (Å²) in [5.74, 6) is 0.645. The minimum atomic E-state index is 0.645. The van der Waals surface area contributed by atoms with Crippen molar-refractivity contribution in [2.45, 2.75) is 20.4 Å². The quantitative estimate of drug-likeness (QED) is 0.801. The van der Waals surface area contributed by atoms with Gasteiger partial charge in [-0.15, -0.1) is 0 Å². The Hall–Kier alpha value is -0.830. The van der Waals surface area contributed by atoms with Crippen LogP contribution in [0.2, 0.25) is 0 Å². The molecule has 0 aliphatic rings. The van der Waals surface area contributed by atoms with Crippen LogP contribution >= 0.6 is 15.9 Å². The molecule has 0 bridgehead atoms. The number of hydrogen-bond donors (Lipinski definition) is 0. The van der Waals surface area contributed by atoms with Crippen molar-refractivity contribution < 1.29 is 0 Å². The van der Waals surface area contributed by atoms with E-state index in [9.17, 15) is 0 Å². The molecule has 0 aliphatic carbocycles. The molecule has 1 aromatic heterocycles. The average molecular weight is 253 g/mol. The highest BCUT2D eigenvalue weighted by Gasteiger charge is 2.03. The molecule has 1 aromatic carbocycles. The van der Waals surface area contributed by atoms with Gasteiger partial charge in [-0.3, -0.25) is 0 Å². The number of halogens is 1. The second kappa shape index (κ2) is 3.73. The van der Waals surface area contributed by atoms with Gasteiger partial charge < -0.3 is 4.57 Å². The van der Waals surface area contributed by atoms with E-state index < -0.39 is 0 Å². The normalized spacial score (nSPS) is 11.4. The molecule has 14 heavy (non-hydrogen) atoms. The van der Waals surface area contributed by atoms with Crippen LogP contribution in [0.15, 0.2) is 29.0 Å². The van der Waals surface area contributed by atoms with Crippen LogP contribution < -0.4 is 0 Å². The van der Waals surface area contributed by atoms with Gasteiger partial charge in [0, 0.05) is 11.0 Å². The summed E-state index contributed by atoms with van der Waals surface area (Å²) in [5, 5.41) is 0. The van der Waals surface area contributed by atoms with E-state index in [2.05, 4.69) is 45.4 Å². The molecule has 0 atom stereocenters. The molecule has 74 valence electrons. The summed E-state index contributed by atoms with van der Waals surface area (Å²) in [6.45, 7) is 5.45. The smallest absolute Gasteiger partial charge is 0.0958 e. The van der Waals surface area contributed by atoms with E-state index in [1.54, 1.807) is 0 Å². The maximum absolute atomic E-state index is 4.35. The zero-order valence-electron chi connectivity index (χ0n) is 8.37. The summed E-state index contributed by atoms with van der Waals surface area (Å²) in [6.07, 6.45) is 1.91. The summed E-state index contributed by atoms with van der Waals surface area (Å²) in [5.41, 5.74) is 2.27. The molecule has 0 N–H and O–H groups in total. The molecule has 0 saturated carbocycles. The van der Waals surface area contributed by atoms with Crippen molar-refractivity contribution in [1.82, 2.24) is 9.55 Å². The molecular weight excluding hydrogens is 240 g/mol. The van der Waals surface area contributed by atoms with Gasteiger partial charge in [0.15, 0.2) is 0 Å². The number of aromatic nitrogens is 2. The van der Waals surface area contributed by atoms with Gasteiger partial charge in [0.1, 0.15) is 0 Å². The monoisotopic (exact) mass is 252 g/mol. The lowest BCUT2D eigenvalue weighted by Crippen LogP contribution is -2.02. The number of hydrogen-bond acceptors (Lipinski definition) is 1. The molecule has 0 saturated heterocycles. The first-order valence-electron chi connectivity index (χ1n) is 4.77. The summed E-state index contributed by atoms with van der Waals surface area (Å²) >= 11 is 3.48. The molecule has 0 aliphatic heterocycles. The summed E-state index contributed by atoms with van der Waals surface area (Å²) in [4.78, 5) is 4.35. The summed E-state index contributed by atoms with van der Waals surface area (Å²) < 4.78 is 3.31. The molecule has 1 heterocycles. The fourth-order valence-corrected chi connectivity index (χ4v) is 1.92. The van der Waals surface area contributed by atoms with Crippen LogP contribution in [0.1, 0.15) is 13.8 Å². The summed E-state index contributed by atoms with van der Waals surface area (Å²) in [6, 6.07) is 6.18. The molecule has 0 radical (unpaired) electrons. The Balaban J connectivity index is 2.50. The van der Waals surface area contributed by atoms with Gasteiger partial charge in [0.05, 0.1) is 17.4 Å². The second-order valence-electron chi connectivity index (χ2n) is 3.92. The van der Waals surface area contributed by atoms with Gasteiger partial charge in [-0.25, -0.2) is 4.98 Å². The molecule has 3 heteroatoms. The van der Waals surface area contributed by atoms with Gasteiger partial charge in [0.2, 0.25) is 0 Å². The zero-order chi connectivity index (χ0) is 10.1. The Morgan fingerprint density at radius 1 is 1.43 bits per heavy atom. The van der Waals surface area contributed by atoms with Crippen molar-refractivity contribution in [2.24, 2.45) is 5.92 Å². The molecule has 0 amide bonds. The van der Waals surface area contributed by atoms with Crippen LogP contribution in [0.4, 0.5) is 0 Å². The highest BCUT2D eigenvalue weighted by Crippen LogP contribution is 2.19. The van der Waals surface area contributed by atoms with E-state index in [1.807, 2.05) is 18.5 Å². The fraction of sp³-hybridized carbons (Fsp3) is 0.364. The van der Waals surface area contributed by atoms with E-state index >= 15 is 0 Å². The highest BCUT2D eigenvalue weighted by molar-refractivity contribution is 9.10. The maximum Gasteiger partial charge on any atom is 0.0958 e. The van der Waals surface area contributed by atoms with Crippen molar-refractivity contribution in [3.8, 4) is 0 Å². The maximum atomic E-state index is 4.35. The molecule has 2 nitrogen and oxygen atoms in total. The fourth-order valence-electron chi connectivity index (χ4n) is 1.57. The number of benzene rings is 1. The van der Waals surface area contributed by atoms with E-state index in [-0.39, 0.29) is 0 Å². The highest BCUT2D eigenvalue weighted by atomic mass is 79.9.